The predicted molar refractivity (Wildman–Crippen MR) is 99.6 cm³/mol. The number of carbonyl (C=O) groups is 1. The van der Waals surface area contributed by atoms with Gasteiger partial charge in [0.05, 0.1) is 29.4 Å². The minimum Gasteiger partial charge on any atom is -0.467 e. The lowest BCUT2D eigenvalue weighted by atomic mass is 10.1. The summed E-state index contributed by atoms with van der Waals surface area (Å²) in [6, 6.07) is 17.6. The Kier molecular flexibility index (Phi) is 4.50. The molecule has 0 aliphatic rings. The van der Waals surface area contributed by atoms with Crippen molar-refractivity contribution in [3.05, 3.63) is 84.1 Å². The van der Waals surface area contributed by atoms with Gasteiger partial charge in [0.2, 0.25) is 5.91 Å². The fraction of sp³-hybridized carbons (Fsp3) is 0.100. The van der Waals surface area contributed by atoms with Crippen molar-refractivity contribution < 1.29 is 13.6 Å². The first-order valence-corrected chi connectivity index (χ1v) is 8.93. The Bertz CT molecular complexity index is 1030. The fourth-order valence-corrected chi connectivity index (χ4v) is 3.70. The van der Waals surface area contributed by atoms with E-state index in [2.05, 4.69) is 4.98 Å². The summed E-state index contributed by atoms with van der Waals surface area (Å²) in [5.41, 5.74) is 1.59. The summed E-state index contributed by atoms with van der Waals surface area (Å²) in [7, 11) is 0. The summed E-state index contributed by atoms with van der Waals surface area (Å²) >= 11 is 1.29. The van der Waals surface area contributed by atoms with Gasteiger partial charge in [0.15, 0.2) is 5.13 Å². The summed E-state index contributed by atoms with van der Waals surface area (Å²) in [6.45, 7) is 0.279. The molecule has 0 spiro atoms. The zero-order valence-corrected chi connectivity index (χ0v) is 14.6. The third-order valence-electron chi connectivity index (χ3n) is 3.96. The number of hydrogen-bond donors (Lipinski definition) is 0. The molecule has 0 radical (unpaired) electrons. The second-order valence-electron chi connectivity index (χ2n) is 5.83. The lowest BCUT2D eigenvalue weighted by Gasteiger charge is -2.18. The monoisotopic (exact) mass is 366 g/mol. The Balaban J connectivity index is 1.68. The van der Waals surface area contributed by atoms with E-state index >= 15 is 0 Å². The molecule has 4 aromatic rings. The largest absolute Gasteiger partial charge is 0.467 e. The highest BCUT2D eigenvalue weighted by Gasteiger charge is 2.21. The molecule has 4 rings (SSSR count). The second kappa shape index (κ2) is 7.09. The van der Waals surface area contributed by atoms with E-state index in [1.807, 2.05) is 36.4 Å². The summed E-state index contributed by atoms with van der Waals surface area (Å²) < 4.78 is 19.6. The number of benzene rings is 2. The van der Waals surface area contributed by atoms with Crippen molar-refractivity contribution in [2.75, 3.05) is 4.90 Å². The molecule has 0 N–H and O–H groups in total. The van der Waals surface area contributed by atoms with E-state index in [4.69, 9.17) is 4.42 Å². The molecule has 0 bridgehead atoms. The molecular weight excluding hydrogens is 351 g/mol. The molecule has 4 nitrogen and oxygen atoms in total. The molecular formula is C20H15FN2O2S. The lowest BCUT2D eigenvalue weighted by molar-refractivity contribution is -0.118. The first-order chi connectivity index (χ1) is 12.7. The molecule has 130 valence electrons. The number of hydrogen-bond acceptors (Lipinski definition) is 4. The van der Waals surface area contributed by atoms with Gasteiger partial charge in [-0.1, -0.05) is 41.7 Å². The third-order valence-corrected chi connectivity index (χ3v) is 5.00. The van der Waals surface area contributed by atoms with Crippen LogP contribution in [-0.4, -0.2) is 10.9 Å². The number of rotatable bonds is 5. The Morgan fingerprint density at radius 3 is 2.73 bits per heavy atom. The highest BCUT2D eigenvalue weighted by atomic mass is 32.1. The minimum atomic E-state index is -0.319. The molecule has 0 saturated carbocycles. The van der Waals surface area contributed by atoms with Crippen molar-refractivity contribution in [3.8, 4) is 0 Å². The number of nitrogens with zero attached hydrogens (tertiary/aromatic N) is 2. The average Bonchev–Trinajstić information content (AvgIpc) is 3.29. The normalized spacial score (nSPS) is 11.0. The van der Waals surface area contributed by atoms with Crippen LogP contribution in [0.15, 0.2) is 71.3 Å². The van der Waals surface area contributed by atoms with Crippen molar-refractivity contribution in [2.45, 2.75) is 13.0 Å². The van der Waals surface area contributed by atoms with Crippen LogP contribution in [0.25, 0.3) is 10.2 Å². The van der Waals surface area contributed by atoms with Crippen LogP contribution in [0.1, 0.15) is 11.3 Å². The van der Waals surface area contributed by atoms with Crippen molar-refractivity contribution in [3.63, 3.8) is 0 Å². The first-order valence-electron chi connectivity index (χ1n) is 8.12. The average molecular weight is 366 g/mol. The fourth-order valence-electron chi connectivity index (χ4n) is 2.69. The molecule has 1 amide bonds. The summed E-state index contributed by atoms with van der Waals surface area (Å²) in [4.78, 5) is 19.1. The van der Waals surface area contributed by atoms with Crippen LogP contribution in [0.3, 0.4) is 0 Å². The number of amides is 1. The molecule has 2 aromatic carbocycles. The van der Waals surface area contributed by atoms with E-state index in [-0.39, 0.29) is 24.7 Å². The Morgan fingerprint density at radius 2 is 1.96 bits per heavy atom. The number of thiazole rings is 1. The van der Waals surface area contributed by atoms with Gasteiger partial charge in [-0.15, -0.1) is 0 Å². The predicted octanol–water partition coefficient (Wildman–Crippen LogP) is 4.80. The Labute approximate surface area is 153 Å². The van der Waals surface area contributed by atoms with Gasteiger partial charge in [0, 0.05) is 0 Å². The smallest absolute Gasteiger partial charge is 0.233 e. The molecule has 0 unspecified atom stereocenters. The number of furan rings is 1. The lowest BCUT2D eigenvalue weighted by Crippen LogP contribution is -2.31. The van der Waals surface area contributed by atoms with Gasteiger partial charge in [-0.2, -0.15) is 0 Å². The Morgan fingerprint density at radius 1 is 1.12 bits per heavy atom. The van der Waals surface area contributed by atoms with Gasteiger partial charge >= 0.3 is 0 Å². The first kappa shape index (κ1) is 16.5. The summed E-state index contributed by atoms with van der Waals surface area (Å²) in [5, 5.41) is 0.530. The van der Waals surface area contributed by atoms with E-state index in [9.17, 15) is 9.18 Å². The molecule has 0 atom stereocenters. The molecule has 2 aromatic heterocycles. The molecule has 0 aliphatic heterocycles. The quantitative estimate of drug-likeness (QED) is 0.509. The number of fused-ring (bicyclic) bond motifs is 1. The van der Waals surface area contributed by atoms with Crippen LogP contribution < -0.4 is 4.90 Å². The molecule has 0 fully saturated rings. The van der Waals surface area contributed by atoms with Crippen molar-refractivity contribution in [1.29, 1.82) is 0 Å². The Hall–Kier alpha value is -2.99. The van der Waals surface area contributed by atoms with Gasteiger partial charge in [-0.05, 0) is 35.9 Å². The zero-order valence-electron chi connectivity index (χ0n) is 13.8. The minimum absolute atomic E-state index is 0.0906. The molecule has 0 aliphatic carbocycles. The highest BCUT2D eigenvalue weighted by Crippen LogP contribution is 2.30. The summed E-state index contributed by atoms with van der Waals surface area (Å²) in [5.74, 6) is 0.255. The van der Waals surface area contributed by atoms with Crippen LogP contribution in [0.4, 0.5) is 9.52 Å². The number of halogens is 1. The molecule has 26 heavy (non-hydrogen) atoms. The van der Waals surface area contributed by atoms with Gasteiger partial charge in [0.1, 0.15) is 11.6 Å². The van der Waals surface area contributed by atoms with Crippen LogP contribution in [0.5, 0.6) is 0 Å². The number of carbonyl (C=O) groups excluding carboxylic acids is 1. The van der Waals surface area contributed by atoms with Crippen molar-refractivity contribution in [2.24, 2.45) is 0 Å². The second-order valence-corrected chi connectivity index (χ2v) is 6.84. The van der Waals surface area contributed by atoms with Crippen LogP contribution in [-0.2, 0) is 17.8 Å². The zero-order chi connectivity index (χ0) is 17.9. The van der Waals surface area contributed by atoms with Gasteiger partial charge in [-0.3, -0.25) is 9.69 Å². The molecule has 2 heterocycles. The van der Waals surface area contributed by atoms with E-state index in [0.29, 0.717) is 21.1 Å². The van der Waals surface area contributed by atoms with Gasteiger partial charge in [-0.25, -0.2) is 9.37 Å². The van der Waals surface area contributed by atoms with E-state index in [0.717, 1.165) is 5.56 Å². The molecule has 0 saturated heterocycles. The van der Waals surface area contributed by atoms with Gasteiger partial charge < -0.3 is 4.42 Å². The van der Waals surface area contributed by atoms with Crippen LogP contribution >= 0.6 is 11.3 Å². The SMILES string of the molecule is O=C(Cc1ccccc1)N(Cc1ccco1)c1nc2ccc(F)cc2s1. The van der Waals surface area contributed by atoms with Gasteiger partial charge in [0.25, 0.3) is 0 Å². The number of anilines is 1. The standard InChI is InChI=1S/C20H15FN2O2S/c21-15-8-9-17-18(12-15)26-20(22-17)23(13-16-7-4-10-25-16)19(24)11-14-5-2-1-3-6-14/h1-10,12H,11,13H2. The molecule has 6 heteroatoms. The van der Waals surface area contributed by atoms with E-state index in [1.54, 1.807) is 23.3 Å². The van der Waals surface area contributed by atoms with Crippen molar-refractivity contribution >= 4 is 32.6 Å². The maximum Gasteiger partial charge on any atom is 0.233 e. The highest BCUT2D eigenvalue weighted by molar-refractivity contribution is 7.22. The number of aromatic nitrogens is 1. The topological polar surface area (TPSA) is 46.3 Å². The third kappa shape index (κ3) is 3.50. The summed E-state index contributed by atoms with van der Waals surface area (Å²) in [6.07, 6.45) is 1.83. The maximum absolute atomic E-state index is 13.5. The van der Waals surface area contributed by atoms with E-state index in [1.165, 1.54) is 23.5 Å². The van der Waals surface area contributed by atoms with E-state index < -0.39 is 0 Å². The van der Waals surface area contributed by atoms with Crippen molar-refractivity contribution in [1.82, 2.24) is 4.98 Å². The van der Waals surface area contributed by atoms with Crippen LogP contribution in [0.2, 0.25) is 0 Å². The maximum atomic E-state index is 13.5. The van der Waals surface area contributed by atoms with Crippen LogP contribution in [0, 0.1) is 5.82 Å².